The van der Waals surface area contributed by atoms with E-state index in [4.69, 9.17) is 4.74 Å². The number of ether oxygens (including phenoxy) is 1. The summed E-state index contributed by atoms with van der Waals surface area (Å²) in [4.78, 5) is 16.7. The van der Waals surface area contributed by atoms with Crippen LogP contribution >= 0.6 is 24.0 Å². The van der Waals surface area contributed by atoms with E-state index in [-0.39, 0.29) is 34.6 Å². The lowest BCUT2D eigenvalue weighted by atomic mass is 9.96. The number of hydrogen-bond acceptors (Lipinski definition) is 4. The summed E-state index contributed by atoms with van der Waals surface area (Å²) >= 11 is 0. The highest BCUT2D eigenvalue weighted by Gasteiger charge is 2.15. The predicted molar refractivity (Wildman–Crippen MR) is 110 cm³/mol. The minimum absolute atomic E-state index is 0. The molecule has 0 bridgehead atoms. The molecule has 0 aliphatic carbocycles. The van der Waals surface area contributed by atoms with Crippen LogP contribution in [0.1, 0.15) is 24.8 Å². The van der Waals surface area contributed by atoms with Gasteiger partial charge in [-0.15, -0.1) is 24.0 Å². The molecular weight excluding hydrogens is 435 g/mol. The van der Waals surface area contributed by atoms with E-state index in [0.29, 0.717) is 6.54 Å². The lowest BCUT2D eigenvalue weighted by Crippen LogP contribution is -2.39. The summed E-state index contributed by atoms with van der Waals surface area (Å²) in [5.41, 5.74) is 1.09. The van der Waals surface area contributed by atoms with Crippen molar-refractivity contribution >= 4 is 35.6 Å². The second kappa shape index (κ2) is 11.2. The third-order valence-corrected chi connectivity index (χ3v) is 4.38. The van der Waals surface area contributed by atoms with Crippen molar-refractivity contribution in [2.45, 2.75) is 25.8 Å². The van der Waals surface area contributed by atoms with Crippen molar-refractivity contribution in [2.75, 3.05) is 33.9 Å². The molecule has 1 aliphatic rings. The lowest BCUT2D eigenvalue weighted by Gasteiger charge is -2.26. The van der Waals surface area contributed by atoms with Gasteiger partial charge < -0.3 is 15.0 Å². The maximum atomic E-state index is 10.7. The molecule has 0 atom stereocenters. The summed E-state index contributed by atoms with van der Waals surface area (Å²) in [6, 6.07) is 6.57. The van der Waals surface area contributed by atoms with Crippen LogP contribution in [0.4, 0.5) is 5.69 Å². The summed E-state index contributed by atoms with van der Waals surface area (Å²) in [5, 5.41) is 14.0. The van der Waals surface area contributed by atoms with Gasteiger partial charge in [0.25, 0.3) is 5.69 Å². The maximum absolute atomic E-state index is 10.7. The number of non-ortho nitro benzene ring substituents is 1. The third-order valence-electron chi connectivity index (χ3n) is 4.38. The highest BCUT2D eigenvalue weighted by atomic mass is 127. The first kappa shape index (κ1) is 21.6. The Morgan fingerprint density at radius 1 is 1.36 bits per heavy atom. The monoisotopic (exact) mass is 462 g/mol. The first-order valence-corrected chi connectivity index (χ1v) is 8.33. The molecule has 1 aliphatic heterocycles. The van der Waals surface area contributed by atoms with Gasteiger partial charge in [0.1, 0.15) is 0 Å². The van der Waals surface area contributed by atoms with Crippen LogP contribution in [0.3, 0.4) is 0 Å². The maximum Gasteiger partial charge on any atom is 0.269 e. The molecule has 0 saturated carbocycles. The fourth-order valence-electron chi connectivity index (χ4n) is 2.82. The molecule has 7 nitrogen and oxygen atoms in total. The summed E-state index contributed by atoms with van der Waals surface area (Å²) in [5.74, 6) is 1.56. The molecule has 25 heavy (non-hydrogen) atoms. The Labute approximate surface area is 166 Å². The van der Waals surface area contributed by atoms with E-state index < -0.39 is 0 Å². The average molecular weight is 462 g/mol. The van der Waals surface area contributed by atoms with Crippen molar-refractivity contribution in [2.24, 2.45) is 10.9 Å². The van der Waals surface area contributed by atoms with Gasteiger partial charge >= 0.3 is 0 Å². The first-order chi connectivity index (χ1) is 11.6. The first-order valence-electron chi connectivity index (χ1n) is 8.33. The van der Waals surface area contributed by atoms with Crippen LogP contribution in [0, 0.1) is 16.0 Å². The molecule has 0 unspecified atom stereocenters. The van der Waals surface area contributed by atoms with E-state index in [1.165, 1.54) is 12.1 Å². The van der Waals surface area contributed by atoms with Gasteiger partial charge in [0, 0.05) is 52.5 Å². The highest BCUT2D eigenvalue weighted by Crippen LogP contribution is 2.18. The number of guanidine groups is 1. The minimum atomic E-state index is -0.389. The Kier molecular flexibility index (Phi) is 9.73. The molecule has 1 heterocycles. The van der Waals surface area contributed by atoms with Crippen LogP contribution in [0.2, 0.25) is 0 Å². The number of aliphatic imine (C=N–C) groups is 1. The second-order valence-corrected chi connectivity index (χ2v) is 6.09. The van der Waals surface area contributed by atoms with Crippen molar-refractivity contribution in [3.63, 3.8) is 0 Å². The van der Waals surface area contributed by atoms with Crippen molar-refractivity contribution in [1.29, 1.82) is 0 Å². The van der Waals surface area contributed by atoms with Crippen LogP contribution in [0.15, 0.2) is 29.3 Å². The molecule has 1 saturated heterocycles. The van der Waals surface area contributed by atoms with Crippen LogP contribution in [0.5, 0.6) is 0 Å². The van der Waals surface area contributed by atoms with Crippen molar-refractivity contribution in [1.82, 2.24) is 10.2 Å². The number of hydrogen-bond donors (Lipinski definition) is 1. The largest absolute Gasteiger partial charge is 0.381 e. The van der Waals surface area contributed by atoms with Gasteiger partial charge in [-0.3, -0.25) is 15.1 Å². The molecule has 0 radical (unpaired) electrons. The van der Waals surface area contributed by atoms with E-state index in [0.717, 1.165) is 56.5 Å². The number of nitro groups is 1. The fourth-order valence-corrected chi connectivity index (χ4v) is 2.82. The molecule has 1 aromatic carbocycles. The zero-order valence-electron chi connectivity index (χ0n) is 14.8. The Balaban J connectivity index is 0.00000312. The zero-order valence-corrected chi connectivity index (χ0v) is 17.1. The number of nitrogens with one attached hydrogen (secondary N) is 1. The Morgan fingerprint density at radius 3 is 2.56 bits per heavy atom. The molecule has 1 fully saturated rings. The van der Waals surface area contributed by atoms with Gasteiger partial charge in [-0.1, -0.05) is 12.1 Å². The van der Waals surface area contributed by atoms with Crippen LogP contribution in [-0.4, -0.2) is 49.6 Å². The van der Waals surface area contributed by atoms with Crippen LogP contribution in [0.25, 0.3) is 0 Å². The molecule has 0 spiro atoms. The van der Waals surface area contributed by atoms with Crippen LogP contribution in [-0.2, 0) is 11.3 Å². The summed E-state index contributed by atoms with van der Waals surface area (Å²) < 4.78 is 5.39. The molecule has 0 amide bonds. The summed E-state index contributed by atoms with van der Waals surface area (Å²) in [6.07, 6.45) is 3.42. The fraction of sp³-hybridized carbons (Fsp3) is 0.588. The summed E-state index contributed by atoms with van der Waals surface area (Å²) in [7, 11) is 3.80. The van der Waals surface area contributed by atoms with Crippen molar-refractivity contribution in [3.05, 3.63) is 39.9 Å². The third kappa shape index (κ3) is 7.15. The van der Waals surface area contributed by atoms with E-state index in [2.05, 4.69) is 15.2 Å². The Bertz CT molecular complexity index is 560. The van der Waals surface area contributed by atoms with Gasteiger partial charge in [0.15, 0.2) is 5.96 Å². The normalized spacial score (nSPS) is 15.4. The number of rotatable bonds is 6. The van der Waals surface area contributed by atoms with Gasteiger partial charge in [0.05, 0.1) is 4.92 Å². The highest BCUT2D eigenvalue weighted by molar-refractivity contribution is 14.0. The molecule has 2 rings (SSSR count). The van der Waals surface area contributed by atoms with Crippen molar-refractivity contribution < 1.29 is 9.66 Å². The van der Waals surface area contributed by atoms with Gasteiger partial charge in [-0.2, -0.15) is 0 Å². The number of benzene rings is 1. The van der Waals surface area contributed by atoms with Crippen LogP contribution < -0.4 is 5.32 Å². The SMILES string of the molecule is CN=C(NCc1ccc([N+](=O)[O-])cc1)N(C)CCC1CCOCC1.I. The van der Waals surface area contributed by atoms with Crippen molar-refractivity contribution in [3.8, 4) is 0 Å². The predicted octanol–water partition coefficient (Wildman–Crippen LogP) is 3.04. The van der Waals surface area contributed by atoms with Gasteiger partial charge in [0.2, 0.25) is 0 Å². The zero-order chi connectivity index (χ0) is 17.4. The molecule has 1 N–H and O–H groups in total. The minimum Gasteiger partial charge on any atom is -0.381 e. The number of nitro benzene ring substituents is 1. The van der Waals surface area contributed by atoms with Gasteiger partial charge in [-0.25, -0.2) is 0 Å². The number of nitrogens with zero attached hydrogens (tertiary/aromatic N) is 3. The second-order valence-electron chi connectivity index (χ2n) is 6.09. The topological polar surface area (TPSA) is 80.0 Å². The van der Waals surface area contributed by atoms with Gasteiger partial charge in [-0.05, 0) is 30.7 Å². The molecule has 140 valence electrons. The average Bonchev–Trinajstić information content (AvgIpc) is 2.61. The Hall–Kier alpha value is -1.42. The quantitative estimate of drug-likeness (QED) is 0.231. The lowest BCUT2D eigenvalue weighted by molar-refractivity contribution is -0.384. The Morgan fingerprint density at radius 2 is 2.00 bits per heavy atom. The molecule has 1 aromatic rings. The summed E-state index contributed by atoms with van der Waals surface area (Å²) in [6.45, 7) is 3.29. The van der Waals surface area contributed by atoms with E-state index in [9.17, 15) is 10.1 Å². The molecule has 8 heteroatoms. The van der Waals surface area contributed by atoms with E-state index >= 15 is 0 Å². The molecule has 0 aromatic heterocycles. The standard InChI is InChI=1S/C17H26N4O3.HI/c1-18-17(20(2)10-7-14-8-11-24-12-9-14)19-13-15-3-5-16(6-4-15)21(22)23;/h3-6,14H,7-13H2,1-2H3,(H,18,19);1H. The smallest absolute Gasteiger partial charge is 0.269 e. The van der Waals surface area contributed by atoms with E-state index in [1.54, 1.807) is 19.2 Å². The molecular formula is C17H27IN4O3. The number of halogens is 1. The van der Waals surface area contributed by atoms with E-state index in [1.807, 2.05) is 7.05 Å².